The Hall–Kier alpha value is -1.29. The van der Waals surface area contributed by atoms with Crippen LogP contribution in [0.25, 0.3) is 0 Å². The molecule has 0 saturated carbocycles. The third-order valence-corrected chi connectivity index (χ3v) is 3.72. The van der Waals surface area contributed by atoms with E-state index in [0.29, 0.717) is 5.92 Å². The van der Waals surface area contributed by atoms with Gasteiger partial charge in [0.15, 0.2) is 0 Å². The SMILES string of the molecule is NCCC1CCN(C(=O)NC2=CCCC=C2)CC1. The number of hydrogen-bond donors (Lipinski definition) is 2. The van der Waals surface area contributed by atoms with Crippen LogP contribution in [-0.2, 0) is 0 Å². The van der Waals surface area contributed by atoms with Crippen LogP contribution in [0.2, 0.25) is 0 Å². The van der Waals surface area contributed by atoms with Gasteiger partial charge in [-0.15, -0.1) is 0 Å². The third kappa shape index (κ3) is 3.60. The van der Waals surface area contributed by atoms with Crippen molar-refractivity contribution in [3.8, 4) is 0 Å². The van der Waals surface area contributed by atoms with E-state index < -0.39 is 0 Å². The van der Waals surface area contributed by atoms with Crippen LogP contribution in [0.4, 0.5) is 4.79 Å². The van der Waals surface area contributed by atoms with Gasteiger partial charge in [0, 0.05) is 18.8 Å². The molecule has 1 aliphatic carbocycles. The monoisotopic (exact) mass is 249 g/mol. The molecule has 2 rings (SSSR count). The van der Waals surface area contributed by atoms with E-state index in [2.05, 4.69) is 17.5 Å². The summed E-state index contributed by atoms with van der Waals surface area (Å²) in [5.41, 5.74) is 6.51. The molecule has 2 amide bonds. The number of carbonyl (C=O) groups excluding carboxylic acids is 1. The lowest BCUT2D eigenvalue weighted by molar-refractivity contribution is 0.171. The zero-order valence-corrected chi connectivity index (χ0v) is 10.9. The van der Waals surface area contributed by atoms with Crippen LogP contribution in [0.5, 0.6) is 0 Å². The zero-order valence-electron chi connectivity index (χ0n) is 10.9. The molecule has 18 heavy (non-hydrogen) atoms. The molecule has 4 heteroatoms. The van der Waals surface area contributed by atoms with Gasteiger partial charge in [-0.3, -0.25) is 0 Å². The van der Waals surface area contributed by atoms with Gasteiger partial charge in [0.2, 0.25) is 0 Å². The summed E-state index contributed by atoms with van der Waals surface area (Å²) in [6.07, 6.45) is 11.5. The molecule has 0 radical (unpaired) electrons. The molecule has 0 aromatic carbocycles. The minimum Gasteiger partial charge on any atom is -0.330 e. The van der Waals surface area contributed by atoms with E-state index in [-0.39, 0.29) is 6.03 Å². The van der Waals surface area contributed by atoms with Crippen LogP contribution < -0.4 is 11.1 Å². The number of allylic oxidation sites excluding steroid dienone is 3. The molecule has 0 aromatic rings. The van der Waals surface area contributed by atoms with Gasteiger partial charge in [-0.25, -0.2) is 4.79 Å². The Labute approximate surface area is 109 Å². The lowest BCUT2D eigenvalue weighted by Crippen LogP contribution is -2.44. The number of amides is 2. The molecular formula is C14H23N3O. The Morgan fingerprint density at radius 2 is 2.17 bits per heavy atom. The van der Waals surface area contributed by atoms with E-state index in [4.69, 9.17) is 5.73 Å². The molecule has 0 atom stereocenters. The van der Waals surface area contributed by atoms with E-state index in [1.807, 2.05) is 11.0 Å². The van der Waals surface area contributed by atoms with Crippen LogP contribution in [-0.4, -0.2) is 30.6 Å². The molecule has 0 unspecified atom stereocenters. The summed E-state index contributed by atoms with van der Waals surface area (Å²) in [6.45, 7) is 2.47. The molecule has 100 valence electrons. The minimum absolute atomic E-state index is 0.0407. The molecule has 2 aliphatic rings. The van der Waals surface area contributed by atoms with Crippen molar-refractivity contribution in [2.75, 3.05) is 19.6 Å². The van der Waals surface area contributed by atoms with Gasteiger partial charge in [0.05, 0.1) is 0 Å². The predicted octanol–water partition coefficient (Wildman–Crippen LogP) is 1.99. The van der Waals surface area contributed by atoms with Gasteiger partial charge in [0.25, 0.3) is 0 Å². The number of likely N-dealkylation sites (tertiary alicyclic amines) is 1. The Balaban J connectivity index is 1.77. The highest BCUT2D eigenvalue weighted by atomic mass is 16.2. The lowest BCUT2D eigenvalue weighted by Gasteiger charge is -2.32. The first kappa shape index (κ1) is 13.1. The summed E-state index contributed by atoms with van der Waals surface area (Å²) < 4.78 is 0. The zero-order chi connectivity index (χ0) is 12.8. The van der Waals surface area contributed by atoms with Crippen LogP contribution in [0, 0.1) is 5.92 Å². The maximum atomic E-state index is 12.0. The summed E-state index contributed by atoms with van der Waals surface area (Å²) in [5, 5.41) is 2.97. The normalized spacial score (nSPS) is 20.7. The second kappa shape index (κ2) is 6.59. The largest absolute Gasteiger partial charge is 0.330 e. The highest BCUT2D eigenvalue weighted by Gasteiger charge is 2.22. The number of piperidine rings is 1. The molecule has 0 spiro atoms. The quantitative estimate of drug-likeness (QED) is 0.803. The van der Waals surface area contributed by atoms with Crippen LogP contribution in [0.3, 0.4) is 0 Å². The van der Waals surface area contributed by atoms with Crippen molar-refractivity contribution in [2.45, 2.75) is 32.1 Å². The van der Waals surface area contributed by atoms with Crippen molar-refractivity contribution in [2.24, 2.45) is 11.7 Å². The molecule has 1 fully saturated rings. The van der Waals surface area contributed by atoms with E-state index in [0.717, 1.165) is 57.4 Å². The molecule has 0 aromatic heterocycles. The van der Waals surface area contributed by atoms with Crippen molar-refractivity contribution < 1.29 is 4.79 Å². The molecule has 1 aliphatic heterocycles. The van der Waals surface area contributed by atoms with E-state index in [1.54, 1.807) is 0 Å². The van der Waals surface area contributed by atoms with Crippen molar-refractivity contribution in [3.05, 3.63) is 23.9 Å². The standard InChI is InChI=1S/C14H23N3O/c15-9-6-12-7-10-17(11-8-12)14(18)16-13-4-2-1-3-5-13/h2,4-5,12H,1,3,6-11,15H2,(H,16,18). The Morgan fingerprint density at radius 3 is 2.78 bits per heavy atom. The third-order valence-electron chi connectivity index (χ3n) is 3.72. The van der Waals surface area contributed by atoms with E-state index in [9.17, 15) is 4.79 Å². The summed E-state index contributed by atoms with van der Waals surface area (Å²) in [6, 6.07) is 0.0407. The second-order valence-electron chi connectivity index (χ2n) is 5.08. The fraction of sp³-hybridized carbons (Fsp3) is 0.643. The predicted molar refractivity (Wildman–Crippen MR) is 73.0 cm³/mol. The van der Waals surface area contributed by atoms with Crippen molar-refractivity contribution >= 4 is 6.03 Å². The van der Waals surface area contributed by atoms with Crippen LogP contribution in [0.15, 0.2) is 23.9 Å². The summed E-state index contributed by atoms with van der Waals surface area (Å²) in [7, 11) is 0. The topological polar surface area (TPSA) is 58.4 Å². The summed E-state index contributed by atoms with van der Waals surface area (Å²) in [4.78, 5) is 14.0. The van der Waals surface area contributed by atoms with E-state index in [1.165, 1.54) is 0 Å². The molecule has 3 N–H and O–H groups in total. The Bertz CT molecular complexity index is 341. The first-order valence-electron chi connectivity index (χ1n) is 6.92. The van der Waals surface area contributed by atoms with Gasteiger partial charge in [-0.2, -0.15) is 0 Å². The van der Waals surface area contributed by atoms with E-state index >= 15 is 0 Å². The number of hydrogen-bond acceptors (Lipinski definition) is 2. The molecular weight excluding hydrogens is 226 g/mol. The smallest absolute Gasteiger partial charge is 0.321 e. The maximum absolute atomic E-state index is 12.0. The van der Waals surface area contributed by atoms with Gasteiger partial charge in [-0.05, 0) is 50.6 Å². The summed E-state index contributed by atoms with van der Waals surface area (Å²) in [5.74, 6) is 0.702. The molecule has 0 bridgehead atoms. The number of carbonyl (C=O) groups is 1. The van der Waals surface area contributed by atoms with Crippen LogP contribution in [0.1, 0.15) is 32.1 Å². The average Bonchev–Trinajstić information content (AvgIpc) is 2.41. The molecule has 1 heterocycles. The second-order valence-corrected chi connectivity index (χ2v) is 5.08. The highest BCUT2D eigenvalue weighted by Crippen LogP contribution is 2.20. The minimum atomic E-state index is 0.0407. The fourth-order valence-corrected chi connectivity index (χ4v) is 2.57. The Morgan fingerprint density at radius 1 is 1.39 bits per heavy atom. The first-order valence-corrected chi connectivity index (χ1v) is 6.92. The number of nitrogens with one attached hydrogen (secondary N) is 1. The number of nitrogens with two attached hydrogens (primary N) is 1. The average molecular weight is 249 g/mol. The van der Waals surface area contributed by atoms with Gasteiger partial charge in [0.1, 0.15) is 0 Å². The van der Waals surface area contributed by atoms with Crippen LogP contribution >= 0.6 is 0 Å². The Kier molecular flexibility index (Phi) is 4.81. The summed E-state index contributed by atoms with van der Waals surface area (Å²) >= 11 is 0. The number of rotatable bonds is 3. The van der Waals surface area contributed by atoms with Gasteiger partial charge >= 0.3 is 6.03 Å². The van der Waals surface area contributed by atoms with Gasteiger partial charge in [-0.1, -0.05) is 12.2 Å². The number of nitrogens with zero attached hydrogens (tertiary/aromatic N) is 1. The first-order chi connectivity index (χ1) is 8.79. The van der Waals surface area contributed by atoms with Crippen molar-refractivity contribution in [1.82, 2.24) is 10.2 Å². The van der Waals surface area contributed by atoms with Gasteiger partial charge < -0.3 is 16.0 Å². The molecule has 1 saturated heterocycles. The number of urea groups is 1. The highest BCUT2D eigenvalue weighted by molar-refractivity contribution is 5.76. The fourth-order valence-electron chi connectivity index (χ4n) is 2.57. The van der Waals surface area contributed by atoms with Crippen molar-refractivity contribution in [1.29, 1.82) is 0 Å². The maximum Gasteiger partial charge on any atom is 0.321 e. The lowest BCUT2D eigenvalue weighted by atomic mass is 9.94. The van der Waals surface area contributed by atoms with Crippen molar-refractivity contribution in [3.63, 3.8) is 0 Å². The molecule has 4 nitrogen and oxygen atoms in total.